The van der Waals surface area contributed by atoms with E-state index in [1.807, 2.05) is 0 Å². The van der Waals surface area contributed by atoms with Gasteiger partial charge in [0.05, 0.1) is 0 Å². The Morgan fingerprint density at radius 1 is 1.05 bits per heavy atom. The van der Waals surface area contributed by atoms with Crippen LogP contribution in [0, 0.1) is 28.6 Å². The van der Waals surface area contributed by atoms with Crippen molar-refractivity contribution in [2.45, 2.75) is 77.0 Å². The van der Waals surface area contributed by atoms with E-state index < -0.39 is 0 Å². The molecule has 0 heterocycles. The summed E-state index contributed by atoms with van der Waals surface area (Å²) in [6, 6.07) is 0. The van der Waals surface area contributed by atoms with Gasteiger partial charge < -0.3 is 0 Å². The molecule has 0 N–H and O–H groups in total. The van der Waals surface area contributed by atoms with Crippen LogP contribution in [0.25, 0.3) is 0 Å². The molecule has 0 unspecified atom stereocenters. The van der Waals surface area contributed by atoms with E-state index in [4.69, 9.17) is 11.6 Å². The highest BCUT2D eigenvalue weighted by Gasteiger charge is 2.55. The Morgan fingerprint density at radius 2 is 1.90 bits per heavy atom. The Kier molecular flexibility index (Phi) is 3.09. The van der Waals surface area contributed by atoms with Crippen LogP contribution in [0.2, 0.25) is 0 Å². The summed E-state index contributed by atoms with van der Waals surface area (Å²) in [6.45, 7) is 5.17. The summed E-state index contributed by atoms with van der Waals surface area (Å²) in [5, 5.41) is 0.409. The molecule has 0 amide bonds. The van der Waals surface area contributed by atoms with Crippen LogP contribution < -0.4 is 0 Å². The zero-order valence-corrected chi connectivity index (χ0v) is 13.9. The SMILES string of the molecule is C[C@@]12CCC[C@@H]1[C@H]1CC=C3C[C@H](Cl)CC[C@]3(C)[C@@H]1CC2. The van der Waals surface area contributed by atoms with Crippen molar-refractivity contribution in [3.8, 4) is 0 Å². The maximum atomic E-state index is 6.44. The molecule has 0 nitrogen and oxygen atoms in total. The van der Waals surface area contributed by atoms with Crippen molar-refractivity contribution >= 4 is 11.6 Å². The summed E-state index contributed by atoms with van der Waals surface area (Å²) in [5.74, 6) is 2.96. The zero-order chi connectivity index (χ0) is 14.0. The fourth-order valence-corrected chi connectivity index (χ4v) is 6.88. The molecule has 4 aliphatic carbocycles. The van der Waals surface area contributed by atoms with E-state index >= 15 is 0 Å². The molecule has 0 bridgehead atoms. The van der Waals surface area contributed by atoms with Crippen LogP contribution in [0.5, 0.6) is 0 Å². The van der Waals surface area contributed by atoms with Crippen molar-refractivity contribution in [3.05, 3.63) is 11.6 Å². The summed E-state index contributed by atoms with van der Waals surface area (Å²) >= 11 is 6.44. The molecule has 0 aromatic heterocycles. The third kappa shape index (κ3) is 1.79. The van der Waals surface area contributed by atoms with Gasteiger partial charge in [-0.1, -0.05) is 31.9 Å². The van der Waals surface area contributed by atoms with Gasteiger partial charge in [-0.2, -0.15) is 0 Å². The van der Waals surface area contributed by atoms with Gasteiger partial charge in [-0.3, -0.25) is 0 Å². The first-order valence-electron chi connectivity index (χ1n) is 8.86. The molecule has 4 aliphatic rings. The third-order valence-corrected chi connectivity index (χ3v) is 8.20. The Bertz CT molecular complexity index is 439. The molecule has 6 atom stereocenters. The van der Waals surface area contributed by atoms with Crippen molar-refractivity contribution in [2.75, 3.05) is 0 Å². The predicted molar refractivity (Wildman–Crippen MR) is 86.0 cm³/mol. The molecule has 0 aromatic carbocycles. The highest BCUT2D eigenvalue weighted by atomic mass is 35.5. The van der Waals surface area contributed by atoms with Gasteiger partial charge in [-0.25, -0.2) is 0 Å². The maximum Gasteiger partial charge on any atom is 0.0373 e. The monoisotopic (exact) mass is 292 g/mol. The van der Waals surface area contributed by atoms with Crippen LogP contribution in [0.4, 0.5) is 0 Å². The second-order valence-corrected chi connectivity index (χ2v) is 9.30. The fraction of sp³-hybridized carbons (Fsp3) is 0.895. The van der Waals surface area contributed by atoms with E-state index in [1.54, 1.807) is 5.57 Å². The summed E-state index contributed by atoms with van der Waals surface area (Å²) in [6.07, 6.45) is 15.2. The lowest BCUT2D eigenvalue weighted by molar-refractivity contribution is -0.0245. The van der Waals surface area contributed by atoms with Gasteiger partial charge in [0.15, 0.2) is 0 Å². The molecule has 112 valence electrons. The van der Waals surface area contributed by atoms with Crippen LogP contribution in [0.1, 0.15) is 71.6 Å². The summed E-state index contributed by atoms with van der Waals surface area (Å²) in [4.78, 5) is 0. The Hall–Kier alpha value is 0.0300. The minimum Gasteiger partial charge on any atom is -0.123 e. The molecule has 0 aliphatic heterocycles. The number of allylic oxidation sites excluding steroid dienone is 2. The Morgan fingerprint density at radius 3 is 2.75 bits per heavy atom. The van der Waals surface area contributed by atoms with Gasteiger partial charge in [0.25, 0.3) is 0 Å². The average molecular weight is 293 g/mol. The fourth-order valence-electron chi connectivity index (χ4n) is 6.61. The number of hydrogen-bond donors (Lipinski definition) is 0. The van der Waals surface area contributed by atoms with Crippen LogP contribution in [-0.2, 0) is 0 Å². The van der Waals surface area contributed by atoms with Crippen molar-refractivity contribution in [1.82, 2.24) is 0 Å². The molecule has 0 radical (unpaired) electrons. The Balaban J connectivity index is 1.68. The van der Waals surface area contributed by atoms with E-state index in [0.29, 0.717) is 16.2 Å². The number of rotatable bonds is 0. The van der Waals surface area contributed by atoms with E-state index in [0.717, 1.165) is 17.8 Å². The van der Waals surface area contributed by atoms with Gasteiger partial charge in [0.1, 0.15) is 0 Å². The standard InChI is InChI=1S/C19H29Cl/c1-18-9-3-4-16(18)15-6-5-13-12-14(20)7-11-19(13,2)17(15)8-10-18/h5,14-17H,3-4,6-12H2,1-2H3/t14-,15-,16-,17-,18+,19+/m1/s1. The number of hydrogen-bond acceptors (Lipinski definition) is 0. The molecule has 3 saturated carbocycles. The molecule has 1 heteroatoms. The van der Waals surface area contributed by atoms with Crippen LogP contribution in [-0.4, -0.2) is 5.38 Å². The second kappa shape index (κ2) is 4.51. The number of fused-ring (bicyclic) bond motifs is 5. The molecular weight excluding hydrogens is 264 g/mol. The molecule has 20 heavy (non-hydrogen) atoms. The normalized spacial score (nSPS) is 54.6. The predicted octanol–water partition coefficient (Wildman–Crippen LogP) is 5.95. The molecule has 0 spiro atoms. The smallest absolute Gasteiger partial charge is 0.0373 e. The lowest BCUT2D eigenvalue weighted by Gasteiger charge is -2.57. The van der Waals surface area contributed by atoms with Gasteiger partial charge in [0.2, 0.25) is 0 Å². The zero-order valence-electron chi connectivity index (χ0n) is 13.1. The molecule has 4 rings (SSSR count). The Labute approximate surface area is 129 Å². The van der Waals surface area contributed by atoms with Crippen molar-refractivity contribution in [1.29, 1.82) is 0 Å². The highest BCUT2D eigenvalue weighted by Crippen LogP contribution is 2.64. The lowest BCUT2D eigenvalue weighted by Crippen LogP contribution is -2.48. The maximum absolute atomic E-state index is 6.44. The average Bonchev–Trinajstić information content (AvgIpc) is 2.81. The number of halogens is 1. The van der Waals surface area contributed by atoms with Gasteiger partial charge in [0, 0.05) is 5.38 Å². The minimum atomic E-state index is 0.409. The van der Waals surface area contributed by atoms with E-state index in [1.165, 1.54) is 57.8 Å². The molecular formula is C19H29Cl. The van der Waals surface area contributed by atoms with Gasteiger partial charge in [-0.15, -0.1) is 11.6 Å². The summed E-state index contributed by atoms with van der Waals surface area (Å²) < 4.78 is 0. The molecule has 3 fully saturated rings. The quantitative estimate of drug-likeness (QED) is 0.382. The van der Waals surface area contributed by atoms with Crippen LogP contribution >= 0.6 is 11.6 Å². The lowest BCUT2D eigenvalue weighted by atomic mass is 9.48. The summed E-state index contributed by atoms with van der Waals surface area (Å²) in [7, 11) is 0. The van der Waals surface area contributed by atoms with Crippen LogP contribution in [0.3, 0.4) is 0 Å². The first-order valence-corrected chi connectivity index (χ1v) is 9.30. The first kappa shape index (κ1) is 13.7. The minimum absolute atomic E-state index is 0.409. The van der Waals surface area contributed by atoms with E-state index in [-0.39, 0.29) is 0 Å². The first-order chi connectivity index (χ1) is 9.53. The molecule has 0 saturated heterocycles. The van der Waals surface area contributed by atoms with Gasteiger partial charge >= 0.3 is 0 Å². The van der Waals surface area contributed by atoms with E-state index in [2.05, 4.69) is 19.9 Å². The van der Waals surface area contributed by atoms with Gasteiger partial charge in [-0.05, 0) is 80.0 Å². The summed E-state index contributed by atoms with van der Waals surface area (Å²) in [5.41, 5.74) is 2.91. The van der Waals surface area contributed by atoms with Crippen molar-refractivity contribution in [3.63, 3.8) is 0 Å². The molecule has 0 aromatic rings. The van der Waals surface area contributed by atoms with Crippen molar-refractivity contribution in [2.24, 2.45) is 28.6 Å². The van der Waals surface area contributed by atoms with Crippen LogP contribution in [0.15, 0.2) is 11.6 Å². The van der Waals surface area contributed by atoms with E-state index in [9.17, 15) is 0 Å². The van der Waals surface area contributed by atoms with Crippen molar-refractivity contribution < 1.29 is 0 Å². The third-order valence-electron chi connectivity index (χ3n) is 7.82. The highest BCUT2D eigenvalue weighted by molar-refractivity contribution is 6.20. The largest absolute Gasteiger partial charge is 0.123 e. The topological polar surface area (TPSA) is 0 Å². The second-order valence-electron chi connectivity index (χ2n) is 8.68. The number of alkyl halides is 1.